The van der Waals surface area contributed by atoms with E-state index < -0.39 is 0 Å². The molecule has 0 N–H and O–H groups in total. The summed E-state index contributed by atoms with van der Waals surface area (Å²) in [5.74, 6) is 1.32. The number of benzene rings is 3. The highest BCUT2D eigenvalue weighted by atomic mass is 16.5. The average Bonchev–Trinajstić information content (AvgIpc) is 2.72. The Morgan fingerprint density at radius 3 is 2.15 bits per heavy atom. The van der Waals surface area contributed by atoms with E-state index >= 15 is 0 Å². The van der Waals surface area contributed by atoms with E-state index in [9.17, 15) is 4.79 Å². The lowest BCUT2D eigenvalue weighted by Crippen LogP contribution is -1.94. The van der Waals surface area contributed by atoms with Crippen molar-refractivity contribution >= 4 is 11.9 Å². The summed E-state index contributed by atoms with van der Waals surface area (Å²) >= 11 is 0. The van der Waals surface area contributed by atoms with E-state index in [0.29, 0.717) is 17.1 Å². The van der Waals surface area contributed by atoms with Crippen LogP contribution in [0.5, 0.6) is 11.5 Å². The fourth-order valence-corrected chi connectivity index (χ4v) is 2.68. The van der Waals surface area contributed by atoms with Crippen LogP contribution >= 0.6 is 0 Å². The molecule has 3 aromatic rings. The van der Waals surface area contributed by atoms with Crippen LogP contribution in [0.1, 0.15) is 15.9 Å². The minimum atomic E-state index is -0.0533. The quantitative estimate of drug-likeness (QED) is 0.451. The molecule has 3 heteroatoms. The van der Waals surface area contributed by atoms with Crippen LogP contribution in [-0.4, -0.2) is 20.0 Å². The number of carbonyl (C=O) groups excluding carboxylic acids is 1. The predicted molar refractivity (Wildman–Crippen MR) is 105 cm³/mol. The third-order valence-electron chi connectivity index (χ3n) is 4.13. The van der Waals surface area contributed by atoms with E-state index in [1.807, 2.05) is 66.7 Å². The highest BCUT2D eigenvalue weighted by Crippen LogP contribution is 2.26. The highest BCUT2D eigenvalue weighted by molar-refractivity contribution is 6.07. The Bertz CT molecular complexity index is 910. The standard InChI is InChI=1S/C23H20O3/c1-25-21-14-12-20(23(16-21)26-2)13-15-22(24)19-10-8-18(9-11-19)17-6-4-3-5-7-17/h3-16H,1-2H3/b15-13+. The fourth-order valence-electron chi connectivity index (χ4n) is 2.68. The molecule has 3 aromatic carbocycles. The zero-order valence-corrected chi connectivity index (χ0v) is 14.8. The summed E-state index contributed by atoms with van der Waals surface area (Å²) in [5.41, 5.74) is 3.68. The van der Waals surface area contributed by atoms with Crippen LogP contribution < -0.4 is 9.47 Å². The molecular formula is C23H20O3. The monoisotopic (exact) mass is 344 g/mol. The average molecular weight is 344 g/mol. The molecule has 0 saturated heterocycles. The van der Waals surface area contributed by atoms with Crippen LogP contribution in [0.15, 0.2) is 78.9 Å². The van der Waals surface area contributed by atoms with Gasteiger partial charge in [-0.15, -0.1) is 0 Å². The molecule has 0 aliphatic carbocycles. The van der Waals surface area contributed by atoms with Gasteiger partial charge in [0.05, 0.1) is 14.2 Å². The van der Waals surface area contributed by atoms with Crippen molar-refractivity contribution in [3.05, 3.63) is 90.0 Å². The lowest BCUT2D eigenvalue weighted by molar-refractivity contribution is 0.104. The van der Waals surface area contributed by atoms with E-state index in [1.54, 1.807) is 32.4 Å². The number of rotatable bonds is 6. The van der Waals surface area contributed by atoms with E-state index in [1.165, 1.54) is 0 Å². The van der Waals surface area contributed by atoms with E-state index in [4.69, 9.17) is 9.47 Å². The Morgan fingerprint density at radius 1 is 0.808 bits per heavy atom. The molecule has 0 aliphatic heterocycles. The first-order valence-electron chi connectivity index (χ1n) is 8.31. The molecule has 0 aromatic heterocycles. The predicted octanol–water partition coefficient (Wildman–Crippen LogP) is 5.27. The van der Waals surface area contributed by atoms with Crippen LogP contribution in [-0.2, 0) is 0 Å². The van der Waals surface area contributed by atoms with E-state index in [2.05, 4.69) is 0 Å². The zero-order chi connectivity index (χ0) is 18.4. The summed E-state index contributed by atoms with van der Waals surface area (Å²) in [6, 6.07) is 23.2. The summed E-state index contributed by atoms with van der Waals surface area (Å²) in [4.78, 5) is 12.4. The molecule has 0 radical (unpaired) electrons. The first-order valence-corrected chi connectivity index (χ1v) is 8.31. The number of methoxy groups -OCH3 is 2. The van der Waals surface area contributed by atoms with Crippen LogP contribution in [0, 0.1) is 0 Å². The molecule has 0 unspecified atom stereocenters. The Balaban J connectivity index is 1.77. The maximum atomic E-state index is 12.4. The number of ether oxygens (including phenoxy) is 2. The third-order valence-corrected chi connectivity index (χ3v) is 4.13. The molecule has 3 rings (SSSR count). The Hall–Kier alpha value is -3.33. The zero-order valence-electron chi connectivity index (χ0n) is 14.8. The largest absolute Gasteiger partial charge is 0.497 e. The van der Waals surface area contributed by atoms with Crippen molar-refractivity contribution in [2.45, 2.75) is 0 Å². The Morgan fingerprint density at radius 2 is 1.50 bits per heavy atom. The number of carbonyl (C=O) groups is 1. The molecule has 0 bridgehead atoms. The molecule has 0 amide bonds. The van der Waals surface area contributed by atoms with Gasteiger partial charge in [-0.1, -0.05) is 54.6 Å². The van der Waals surface area contributed by atoms with Gasteiger partial charge in [0, 0.05) is 17.2 Å². The molecule has 0 saturated carbocycles. The van der Waals surface area contributed by atoms with Crippen molar-refractivity contribution in [1.29, 1.82) is 0 Å². The van der Waals surface area contributed by atoms with Crippen molar-refractivity contribution in [1.82, 2.24) is 0 Å². The first kappa shape index (κ1) is 17.5. The molecule has 26 heavy (non-hydrogen) atoms. The Kier molecular flexibility index (Phi) is 5.49. The van der Waals surface area contributed by atoms with Gasteiger partial charge in [0.15, 0.2) is 5.78 Å². The third kappa shape index (κ3) is 4.01. The number of allylic oxidation sites excluding steroid dienone is 1. The van der Waals surface area contributed by atoms with Gasteiger partial charge < -0.3 is 9.47 Å². The lowest BCUT2D eigenvalue weighted by atomic mass is 10.0. The highest BCUT2D eigenvalue weighted by Gasteiger charge is 2.05. The molecule has 0 heterocycles. The molecular weight excluding hydrogens is 324 g/mol. The van der Waals surface area contributed by atoms with Gasteiger partial charge in [-0.2, -0.15) is 0 Å². The van der Waals surface area contributed by atoms with Crippen molar-refractivity contribution in [2.75, 3.05) is 14.2 Å². The van der Waals surface area contributed by atoms with Gasteiger partial charge in [0.2, 0.25) is 0 Å². The fraction of sp³-hybridized carbons (Fsp3) is 0.0870. The first-order chi connectivity index (χ1) is 12.7. The van der Waals surface area contributed by atoms with Crippen LogP contribution in [0.25, 0.3) is 17.2 Å². The summed E-state index contributed by atoms with van der Waals surface area (Å²) in [7, 11) is 3.20. The van der Waals surface area contributed by atoms with Gasteiger partial charge in [-0.05, 0) is 35.4 Å². The van der Waals surface area contributed by atoms with Gasteiger partial charge in [-0.3, -0.25) is 4.79 Å². The summed E-state index contributed by atoms with van der Waals surface area (Å²) < 4.78 is 10.5. The molecule has 0 fully saturated rings. The SMILES string of the molecule is COc1ccc(/C=C/C(=O)c2ccc(-c3ccccc3)cc2)c(OC)c1. The van der Waals surface area contributed by atoms with Gasteiger partial charge in [0.1, 0.15) is 11.5 Å². The normalized spacial score (nSPS) is 10.7. The molecule has 0 atom stereocenters. The van der Waals surface area contributed by atoms with Crippen molar-refractivity contribution in [3.8, 4) is 22.6 Å². The second-order valence-corrected chi connectivity index (χ2v) is 5.75. The molecule has 3 nitrogen and oxygen atoms in total. The number of ketones is 1. The van der Waals surface area contributed by atoms with Gasteiger partial charge in [0.25, 0.3) is 0 Å². The number of hydrogen-bond acceptors (Lipinski definition) is 3. The lowest BCUT2D eigenvalue weighted by Gasteiger charge is -2.07. The maximum Gasteiger partial charge on any atom is 0.185 e. The van der Waals surface area contributed by atoms with Crippen molar-refractivity contribution < 1.29 is 14.3 Å². The van der Waals surface area contributed by atoms with E-state index in [-0.39, 0.29) is 5.78 Å². The van der Waals surface area contributed by atoms with Crippen molar-refractivity contribution in [3.63, 3.8) is 0 Å². The van der Waals surface area contributed by atoms with Crippen LogP contribution in [0.4, 0.5) is 0 Å². The summed E-state index contributed by atoms with van der Waals surface area (Å²) in [6.45, 7) is 0. The second kappa shape index (κ2) is 8.17. The van der Waals surface area contributed by atoms with Crippen LogP contribution in [0.3, 0.4) is 0 Å². The summed E-state index contributed by atoms with van der Waals surface area (Å²) in [5, 5.41) is 0. The second-order valence-electron chi connectivity index (χ2n) is 5.75. The molecule has 0 aliphatic rings. The minimum absolute atomic E-state index is 0.0533. The summed E-state index contributed by atoms with van der Waals surface area (Å²) in [6.07, 6.45) is 3.31. The van der Waals surface area contributed by atoms with Gasteiger partial charge in [-0.25, -0.2) is 0 Å². The minimum Gasteiger partial charge on any atom is -0.497 e. The number of hydrogen-bond donors (Lipinski definition) is 0. The smallest absolute Gasteiger partial charge is 0.185 e. The molecule has 0 spiro atoms. The van der Waals surface area contributed by atoms with Crippen molar-refractivity contribution in [2.24, 2.45) is 0 Å². The topological polar surface area (TPSA) is 35.5 Å². The molecule has 130 valence electrons. The Labute approximate surface area is 153 Å². The van der Waals surface area contributed by atoms with Crippen LogP contribution in [0.2, 0.25) is 0 Å². The van der Waals surface area contributed by atoms with E-state index in [0.717, 1.165) is 16.7 Å². The van der Waals surface area contributed by atoms with Gasteiger partial charge >= 0.3 is 0 Å². The maximum absolute atomic E-state index is 12.4.